The Morgan fingerprint density at radius 3 is 3.07 bits per heavy atom. The second-order valence-corrected chi connectivity index (χ2v) is 3.23. The monoisotopic (exact) mass is 198 g/mol. The fourth-order valence-electron chi connectivity index (χ4n) is 1.26. The first-order valence-corrected chi connectivity index (χ1v) is 4.87. The first-order valence-electron chi connectivity index (χ1n) is 4.87. The van der Waals surface area contributed by atoms with Crippen molar-refractivity contribution in [2.45, 2.75) is 33.0 Å². The molecule has 1 rings (SSSR count). The van der Waals surface area contributed by atoms with E-state index in [1.807, 2.05) is 4.68 Å². The zero-order chi connectivity index (χ0) is 10.4. The molecule has 5 heteroatoms. The van der Waals surface area contributed by atoms with Crippen LogP contribution >= 0.6 is 0 Å². The topological polar surface area (TPSA) is 52.0 Å². The maximum absolute atomic E-state index is 5.02. The molecule has 0 aliphatic heterocycles. The van der Waals surface area contributed by atoms with Gasteiger partial charge >= 0.3 is 0 Å². The molecule has 0 radical (unpaired) electrons. The Bertz CT molecular complexity index is 261. The Hall–Kier alpha value is -0.940. The zero-order valence-corrected chi connectivity index (χ0v) is 9.03. The van der Waals surface area contributed by atoms with Crippen molar-refractivity contribution < 1.29 is 4.74 Å². The van der Waals surface area contributed by atoms with Crippen LogP contribution in [-0.4, -0.2) is 34.5 Å². The predicted molar refractivity (Wildman–Crippen MR) is 53.9 cm³/mol. The van der Waals surface area contributed by atoms with E-state index in [2.05, 4.69) is 29.2 Å². The quantitative estimate of drug-likeness (QED) is 0.720. The summed E-state index contributed by atoms with van der Waals surface area (Å²) in [5, 5.41) is 7.41. The molecule has 0 spiro atoms. The van der Waals surface area contributed by atoms with Crippen LogP contribution in [-0.2, 0) is 17.8 Å². The maximum atomic E-state index is 5.02. The maximum Gasteiger partial charge on any atom is 0.140 e. The third kappa shape index (κ3) is 3.08. The molecule has 1 atom stereocenters. The van der Waals surface area contributed by atoms with Gasteiger partial charge in [-0.2, -0.15) is 5.10 Å². The van der Waals surface area contributed by atoms with Gasteiger partial charge in [0.25, 0.3) is 0 Å². The number of nitrogens with one attached hydrogen (secondary N) is 1. The molecule has 0 saturated heterocycles. The number of methoxy groups -OCH3 is 1. The minimum absolute atomic E-state index is 0.335. The van der Waals surface area contributed by atoms with Crippen LogP contribution in [0.4, 0.5) is 0 Å². The summed E-state index contributed by atoms with van der Waals surface area (Å²) in [5.74, 6) is 0.968. The van der Waals surface area contributed by atoms with Crippen LogP contribution in [0.15, 0.2) is 6.33 Å². The molecule has 5 nitrogen and oxygen atoms in total. The van der Waals surface area contributed by atoms with Gasteiger partial charge in [-0.15, -0.1) is 0 Å². The molecule has 14 heavy (non-hydrogen) atoms. The fourth-order valence-corrected chi connectivity index (χ4v) is 1.26. The molecule has 1 unspecified atom stereocenters. The van der Waals surface area contributed by atoms with Crippen molar-refractivity contribution in [1.82, 2.24) is 20.1 Å². The van der Waals surface area contributed by atoms with Crippen LogP contribution in [0.5, 0.6) is 0 Å². The van der Waals surface area contributed by atoms with Gasteiger partial charge in [0.15, 0.2) is 0 Å². The average Bonchev–Trinajstić information content (AvgIpc) is 2.62. The summed E-state index contributed by atoms with van der Waals surface area (Å²) in [7, 11) is 1.70. The van der Waals surface area contributed by atoms with Crippen molar-refractivity contribution in [2.75, 3.05) is 13.7 Å². The normalized spacial score (nSPS) is 13.1. The third-order valence-corrected chi connectivity index (χ3v) is 2.02. The van der Waals surface area contributed by atoms with Gasteiger partial charge in [0.2, 0.25) is 0 Å². The third-order valence-electron chi connectivity index (χ3n) is 2.02. The molecule has 0 saturated carbocycles. The molecule has 0 amide bonds. The van der Waals surface area contributed by atoms with Crippen LogP contribution < -0.4 is 5.32 Å². The van der Waals surface area contributed by atoms with Gasteiger partial charge in [-0.1, -0.05) is 0 Å². The van der Waals surface area contributed by atoms with E-state index in [0.29, 0.717) is 12.6 Å². The highest BCUT2D eigenvalue weighted by molar-refractivity contribution is 4.84. The van der Waals surface area contributed by atoms with E-state index < -0.39 is 0 Å². The van der Waals surface area contributed by atoms with Gasteiger partial charge < -0.3 is 10.1 Å². The Kier molecular flexibility index (Phi) is 4.55. The van der Waals surface area contributed by atoms with Crippen molar-refractivity contribution >= 4 is 0 Å². The van der Waals surface area contributed by atoms with E-state index >= 15 is 0 Å². The molecule has 0 bridgehead atoms. The van der Waals surface area contributed by atoms with E-state index in [1.54, 1.807) is 13.4 Å². The highest BCUT2D eigenvalue weighted by atomic mass is 16.5. The SMILES string of the molecule is CCn1ncnc1CNC(C)COC. The lowest BCUT2D eigenvalue weighted by molar-refractivity contribution is 0.171. The molecule has 0 aliphatic rings. The highest BCUT2D eigenvalue weighted by Gasteiger charge is 2.04. The van der Waals surface area contributed by atoms with Crippen molar-refractivity contribution in [1.29, 1.82) is 0 Å². The zero-order valence-electron chi connectivity index (χ0n) is 9.03. The highest BCUT2D eigenvalue weighted by Crippen LogP contribution is 1.94. The minimum Gasteiger partial charge on any atom is -0.383 e. The van der Waals surface area contributed by atoms with Crippen molar-refractivity contribution in [3.05, 3.63) is 12.2 Å². The molecular formula is C9H18N4O. The first kappa shape index (κ1) is 11.1. The molecule has 1 aromatic heterocycles. The number of hydrogen-bond donors (Lipinski definition) is 1. The smallest absolute Gasteiger partial charge is 0.140 e. The van der Waals surface area contributed by atoms with Crippen LogP contribution in [0.25, 0.3) is 0 Å². The summed E-state index contributed by atoms with van der Waals surface area (Å²) >= 11 is 0. The van der Waals surface area contributed by atoms with E-state index in [4.69, 9.17) is 4.74 Å². The summed E-state index contributed by atoms with van der Waals surface area (Å²) in [6, 6.07) is 0.335. The van der Waals surface area contributed by atoms with Crippen LogP contribution in [0.2, 0.25) is 0 Å². The molecule has 80 valence electrons. The van der Waals surface area contributed by atoms with Crippen molar-refractivity contribution in [2.24, 2.45) is 0 Å². The fraction of sp³-hybridized carbons (Fsp3) is 0.778. The summed E-state index contributed by atoms with van der Waals surface area (Å²) in [6.45, 7) is 6.43. The van der Waals surface area contributed by atoms with Gasteiger partial charge in [-0.25, -0.2) is 9.67 Å². The molecule has 0 fully saturated rings. The van der Waals surface area contributed by atoms with Crippen molar-refractivity contribution in [3.8, 4) is 0 Å². The van der Waals surface area contributed by atoms with E-state index in [9.17, 15) is 0 Å². The van der Waals surface area contributed by atoms with Gasteiger partial charge in [0.05, 0.1) is 13.2 Å². The largest absolute Gasteiger partial charge is 0.383 e. The lowest BCUT2D eigenvalue weighted by atomic mass is 10.3. The summed E-state index contributed by atoms with van der Waals surface area (Å²) in [4.78, 5) is 4.17. The first-order chi connectivity index (χ1) is 6.77. The number of ether oxygens (including phenoxy) is 1. The Labute approximate surface area is 84.5 Å². The molecule has 0 aromatic carbocycles. The number of hydrogen-bond acceptors (Lipinski definition) is 4. The number of aromatic nitrogens is 3. The van der Waals surface area contributed by atoms with Crippen LogP contribution in [0.3, 0.4) is 0 Å². The Morgan fingerprint density at radius 2 is 2.43 bits per heavy atom. The number of nitrogens with zero attached hydrogens (tertiary/aromatic N) is 3. The van der Waals surface area contributed by atoms with E-state index in [-0.39, 0.29) is 0 Å². The molecule has 0 aliphatic carbocycles. The number of rotatable bonds is 6. The molecule has 1 N–H and O–H groups in total. The predicted octanol–water partition coefficient (Wildman–Crippen LogP) is 0.422. The van der Waals surface area contributed by atoms with E-state index in [1.165, 1.54) is 0 Å². The number of aryl methyl sites for hydroxylation is 1. The van der Waals surface area contributed by atoms with Gasteiger partial charge in [0.1, 0.15) is 12.2 Å². The van der Waals surface area contributed by atoms with Crippen molar-refractivity contribution in [3.63, 3.8) is 0 Å². The summed E-state index contributed by atoms with van der Waals surface area (Å²) < 4.78 is 6.91. The molecule has 1 aromatic rings. The summed E-state index contributed by atoms with van der Waals surface area (Å²) in [5.41, 5.74) is 0. The minimum atomic E-state index is 0.335. The van der Waals surface area contributed by atoms with Crippen LogP contribution in [0.1, 0.15) is 19.7 Å². The van der Waals surface area contributed by atoms with Crippen LogP contribution in [0, 0.1) is 0 Å². The molecule has 1 heterocycles. The second kappa shape index (κ2) is 5.72. The van der Waals surface area contributed by atoms with Gasteiger partial charge in [0, 0.05) is 19.7 Å². The Morgan fingerprint density at radius 1 is 1.64 bits per heavy atom. The second-order valence-electron chi connectivity index (χ2n) is 3.23. The average molecular weight is 198 g/mol. The van der Waals surface area contributed by atoms with Gasteiger partial charge in [-0.3, -0.25) is 0 Å². The standard InChI is InChI=1S/C9H18N4O/c1-4-13-9(11-7-12-13)5-10-8(2)6-14-3/h7-8,10H,4-6H2,1-3H3. The lowest BCUT2D eigenvalue weighted by Crippen LogP contribution is -2.30. The lowest BCUT2D eigenvalue weighted by Gasteiger charge is -2.12. The van der Waals surface area contributed by atoms with Gasteiger partial charge in [-0.05, 0) is 13.8 Å². The summed E-state index contributed by atoms with van der Waals surface area (Å²) in [6.07, 6.45) is 1.58. The Balaban J connectivity index is 2.37. The molecular weight excluding hydrogens is 180 g/mol. The van der Waals surface area contributed by atoms with E-state index in [0.717, 1.165) is 18.9 Å².